The number of benzene rings is 1. The molecule has 1 atom stereocenters. The van der Waals surface area contributed by atoms with Crippen molar-refractivity contribution in [1.29, 1.82) is 0 Å². The topological polar surface area (TPSA) is 49.8 Å². The number of hydrogen-bond donors (Lipinski definition) is 1. The van der Waals surface area contributed by atoms with E-state index in [0.717, 1.165) is 6.07 Å². The maximum Gasteiger partial charge on any atom is 0.573 e. The van der Waals surface area contributed by atoms with Crippen LogP contribution in [0.25, 0.3) is 0 Å². The molecule has 1 N–H and O–H groups in total. The van der Waals surface area contributed by atoms with Crippen molar-refractivity contribution in [2.45, 2.75) is 25.0 Å². The van der Waals surface area contributed by atoms with Crippen LogP contribution in [0.2, 0.25) is 0 Å². The van der Waals surface area contributed by atoms with Crippen molar-refractivity contribution in [2.75, 3.05) is 6.54 Å². The zero-order chi connectivity index (χ0) is 18.3. The summed E-state index contributed by atoms with van der Waals surface area (Å²) in [4.78, 5) is 12.0. The predicted octanol–water partition coefficient (Wildman–Crippen LogP) is 3.44. The molecule has 1 heterocycles. The average Bonchev–Trinajstić information content (AvgIpc) is 2.32. The van der Waals surface area contributed by atoms with Crippen LogP contribution in [0.4, 0.5) is 26.3 Å². The Bertz CT molecular complexity index is 673. The quantitative estimate of drug-likeness (QED) is 0.650. The largest absolute Gasteiger partial charge is 0.573 e. The van der Waals surface area contributed by atoms with Gasteiger partial charge in [0.25, 0.3) is 0 Å². The van der Waals surface area contributed by atoms with Gasteiger partial charge in [-0.05, 0) is 18.6 Å². The third-order valence-electron chi connectivity index (χ3n) is 3.33. The molecule has 4 nitrogen and oxygen atoms in total. The highest BCUT2D eigenvalue weighted by Gasteiger charge is 2.41. The highest BCUT2D eigenvalue weighted by atomic mass is 32.1. The van der Waals surface area contributed by atoms with E-state index in [2.05, 4.69) is 4.74 Å². The third-order valence-corrected chi connectivity index (χ3v) is 3.80. The molecule has 1 aliphatic heterocycles. The molecular weight excluding hydrogens is 364 g/mol. The second kappa shape index (κ2) is 6.11. The third kappa shape index (κ3) is 3.89. The first-order valence-corrected chi connectivity index (χ1v) is 6.82. The molecule has 1 aliphatic rings. The van der Waals surface area contributed by atoms with Crippen molar-refractivity contribution >= 4 is 23.2 Å². The lowest BCUT2D eigenvalue weighted by atomic mass is 10.0. The molecule has 0 aliphatic carbocycles. The smallest absolute Gasteiger partial charge is 0.480 e. The van der Waals surface area contributed by atoms with Crippen molar-refractivity contribution in [3.05, 3.63) is 29.3 Å². The normalized spacial score (nSPS) is 18.1. The van der Waals surface area contributed by atoms with Crippen LogP contribution in [0.5, 0.6) is 5.75 Å². The zero-order valence-electron chi connectivity index (χ0n) is 11.6. The average molecular weight is 373 g/mol. The Morgan fingerprint density at radius 3 is 2.29 bits per heavy atom. The van der Waals surface area contributed by atoms with Crippen LogP contribution in [0.3, 0.4) is 0 Å². The van der Waals surface area contributed by atoms with Crippen LogP contribution in [-0.2, 0) is 11.0 Å². The fraction of sp³-hybridized carbons (Fsp3) is 0.385. The number of alkyl halides is 6. The number of hydrogen-bond acceptors (Lipinski definition) is 3. The lowest BCUT2D eigenvalue weighted by Crippen LogP contribution is -2.54. The number of ether oxygens (including phenoxy) is 1. The van der Waals surface area contributed by atoms with Gasteiger partial charge < -0.3 is 14.7 Å². The summed E-state index contributed by atoms with van der Waals surface area (Å²) in [6, 6.07) is 0.853. The molecule has 24 heavy (non-hydrogen) atoms. The molecule has 0 saturated carbocycles. The number of carboxylic acid groups (broad SMARTS) is 1. The number of nitrogens with zero attached hydrogens (tertiary/aromatic N) is 1. The Kier molecular flexibility index (Phi) is 4.66. The van der Waals surface area contributed by atoms with Crippen molar-refractivity contribution in [1.82, 2.24) is 4.90 Å². The van der Waals surface area contributed by atoms with Crippen LogP contribution >= 0.6 is 12.2 Å². The minimum absolute atomic E-state index is 0.158. The minimum atomic E-state index is -5.32. The van der Waals surface area contributed by atoms with Gasteiger partial charge in [-0.1, -0.05) is 18.3 Å². The minimum Gasteiger partial charge on any atom is -0.480 e. The van der Waals surface area contributed by atoms with Gasteiger partial charge in [-0.3, -0.25) is 0 Å². The van der Waals surface area contributed by atoms with Crippen molar-refractivity contribution < 1.29 is 41.0 Å². The first-order valence-electron chi connectivity index (χ1n) is 6.41. The molecule has 1 fully saturated rings. The standard InChI is InChI=1S/C13H9F6NO3S/c14-12(15,16)7-2-1-6(5-9(7)23-13(17,18)19)10(24)20-4-3-8(20)11(21)22/h1-2,5,8H,3-4H2,(H,21,22)/t8-/m1/s1. The van der Waals surface area contributed by atoms with Crippen molar-refractivity contribution in [3.63, 3.8) is 0 Å². The second-order valence-corrected chi connectivity index (χ2v) is 5.28. The summed E-state index contributed by atoms with van der Waals surface area (Å²) in [7, 11) is 0. The van der Waals surface area contributed by atoms with Crippen LogP contribution in [0, 0.1) is 0 Å². The second-order valence-electron chi connectivity index (χ2n) is 4.90. The predicted molar refractivity (Wildman–Crippen MR) is 72.6 cm³/mol. The molecule has 1 aromatic carbocycles. The summed E-state index contributed by atoms with van der Waals surface area (Å²) in [6.07, 6.45) is -10.1. The van der Waals surface area contributed by atoms with Gasteiger partial charge in [0, 0.05) is 12.1 Å². The highest BCUT2D eigenvalue weighted by molar-refractivity contribution is 7.80. The summed E-state index contributed by atoms with van der Waals surface area (Å²) in [5, 5.41) is 8.93. The van der Waals surface area contributed by atoms with Gasteiger partial charge in [0.15, 0.2) is 0 Å². The first-order chi connectivity index (χ1) is 10.9. The number of rotatable bonds is 3. The van der Waals surface area contributed by atoms with E-state index in [1.807, 2.05) is 0 Å². The van der Waals surface area contributed by atoms with E-state index in [4.69, 9.17) is 17.3 Å². The number of carbonyl (C=O) groups is 1. The fourth-order valence-electron chi connectivity index (χ4n) is 2.15. The Morgan fingerprint density at radius 1 is 1.25 bits per heavy atom. The van der Waals surface area contributed by atoms with E-state index in [-0.39, 0.29) is 23.5 Å². The lowest BCUT2D eigenvalue weighted by molar-refractivity contribution is -0.276. The van der Waals surface area contributed by atoms with Gasteiger partial charge in [0.1, 0.15) is 16.8 Å². The van der Waals surface area contributed by atoms with Crippen molar-refractivity contribution in [2.24, 2.45) is 0 Å². The molecule has 0 aromatic heterocycles. The number of aliphatic carboxylic acids is 1. The van der Waals surface area contributed by atoms with E-state index >= 15 is 0 Å². The Hall–Kier alpha value is -2.04. The number of thiocarbonyl (C=S) groups is 1. The molecule has 1 saturated heterocycles. The summed E-state index contributed by atoms with van der Waals surface area (Å²) < 4.78 is 78.8. The van der Waals surface area contributed by atoms with Crippen LogP contribution in [0.15, 0.2) is 18.2 Å². The molecule has 0 radical (unpaired) electrons. The molecule has 1 aromatic rings. The Labute approximate surface area is 136 Å². The van der Waals surface area contributed by atoms with Gasteiger partial charge in [0.2, 0.25) is 0 Å². The molecule has 0 bridgehead atoms. The van der Waals surface area contributed by atoms with Gasteiger partial charge in [0.05, 0.1) is 5.56 Å². The number of halogens is 6. The maximum absolute atomic E-state index is 12.8. The van der Waals surface area contributed by atoms with Crippen LogP contribution < -0.4 is 4.74 Å². The Morgan fingerprint density at radius 2 is 1.88 bits per heavy atom. The van der Waals surface area contributed by atoms with Crippen molar-refractivity contribution in [3.8, 4) is 5.75 Å². The van der Waals surface area contributed by atoms with Crippen LogP contribution in [-0.4, -0.2) is 39.9 Å². The summed E-state index contributed by atoms with van der Waals surface area (Å²) in [5.74, 6) is -2.62. The van der Waals surface area contributed by atoms with Gasteiger partial charge in [-0.15, -0.1) is 13.2 Å². The van der Waals surface area contributed by atoms with Gasteiger partial charge in [-0.2, -0.15) is 13.2 Å². The van der Waals surface area contributed by atoms with E-state index < -0.39 is 35.9 Å². The monoisotopic (exact) mass is 373 g/mol. The van der Waals surface area contributed by atoms with E-state index in [1.165, 1.54) is 4.90 Å². The molecule has 11 heteroatoms. The van der Waals surface area contributed by atoms with E-state index in [0.29, 0.717) is 12.1 Å². The van der Waals surface area contributed by atoms with Gasteiger partial charge in [-0.25, -0.2) is 4.79 Å². The molecule has 0 unspecified atom stereocenters. The number of likely N-dealkylation sites (tertiary alicyclic amines) is 1. The summed E-state index contributed by atoms with van der Waals surface area (Å²) >= 11 is 4.97. The number of carboxylic acids is 1. The molecule has 132 valence electrons. The van der Waals surface area contributed by atoms with Gasteiger partial charge >= 0.3 is 18.5 Å². The summed E-state index contributed by atoms with van der Waals surface area (Å²) in [6.45, 7) is 0.242. The fourth-order valence-corrected chi connectivity index (χ4v) is 2.50. The molecule has 0 spiro atoms. The maximum atomic E-state index is 12.8. The first kappa shape index (κ1) is 18.3. The molecule has 2 rings (SSSR count). The van der Waals surface area contributed by atoms with E-state index in [9.17, 15) is 31.1 Å². The lowest BCUT2D eigenvalue weighted by Gasteiger charge is -2.40. The summed E-state index contributed by atoms with van der Waals surface area (Å²) in [5.41, 5.74) is -1.77. The molecular formula is C13H9F6NO3S. The van der Waals surface area contributed by atoms with Crippen LogP contribution in [0.1, 0.15) is 17.5 Å². The SMILES string of the molecule is O=C(O)[C@H]1CCN1C(=S)c1ccc(C(F)(F)F)c(OC(F)(F)F)c1. The Balaban J connectivity index is 2.37. The highest BCUT2D eigenvalue weighted by Crippen LogP contribution is 2.39. The van der Waals surface area contributed by atoms with E-state index in [1.54, 1.807) is 0 Å². The molecule has 0 amide bonds. The zero-order valence-corrected chi connectivity index (χ0v) is 12.4.